The number of aromatic hydroxyl groups is 2. The van der Waals surface area contributed by atoms with Crippen LogP contribution in [0.1, 0.15) is 41.5 Å². The molecular weight excluding hydrogens is 612 g/mol. The van der Waals surface area contributed by atoms with Crippen LogP contribution in [0, 0.1) is 0 Å². The zero-order valence-corrected chi connectivity index (χ0v) is 25.3. The van der Waals surface area contributed by atoms with Crippen molar-refractivity contribution >= 4 is 23.0 Å². The fraction of sp³-hybridized carbons (Fsp3) is 0.417. The van der Waals surface area contributed by atoms with Crippen LogP contribution in [-0.4, -0.2) is 50.4 Å². The van der Waals surface area contributed by atoms with E-state index in [1.807, 2.05) is 0 Å². The molecular formula is C24H32FeN10O8. The third-order valence-electron chi connectivity index (χ3n) is 5.20. The molecule has 0 unspecified atom stereocenters. The van der Waals surface area contributed by atoms with E-state index < -0.39 is 57.3 Å². The van der Waals surface area contributed by atoms with Gasteiger partial charge in [0.05, 0.1) is 11.5 Å². The van der Waals surface area contributed by atoms with Crippen molar-refractivity contribution in [3.63, 3.8) is 0 Å². The van der Waals surface area contributed by atoms with E-state index in [-0.39, 0.29) is 54.8 Å². The van der Waals surface area contributed by atoms with Crippen molar-refractivity contribution in [1.82, 2.24) is 18.3 Å². The summed E-state index contributed by atoms with van der Waals surface area (Å²) in [6, 6.07) is 0. The molecule has 0 aliphatic rings. The Morgan fingerprint density at radius 3 is 1.16 bits per heavy atom. The zero-order chi connectivity index (χ0) is 32.3. The van der Waals surface area contributed by atoms with E-state index in [0.717, 1.165) is 30.4 Å². The molecule has 0 spiro atoms. The maximum Gasteiger partial charge on any atom is 2.00 e. The van der Waals surface area contributed by atoms with Gasteiger partial charge in [0.25, 0.3) is 11.1 Å². The number of amidine groups is 2. The van der Waals surface area contributed by atoms with Gasteiger partial charge in [-0.3, -0.25) is 27.9 Å². The second kappa shape index (κ2) is 17.1. The van der Waals surface area contributed by atoms with Crippen molar-refractivity contribution in [3.05, 3.63) is 76.2 Å². The molecule has 0 saturated heterocycles. The van der Waals surface area contributed by atoms with Gasteiger partial charge in [-0.25, -0.2) is 19.8 Å². The number of rotatable bonds is 8. The van der Waals surface area contributed by atoms with Crippen LogP contribution in [0.3, 0.4) is 0 Å². The van der Waals surface area contributed by atoms with Crippen LogP contribution in [0.2, 0.25) is 0 Å². The number of hydrogen-bond acceptors (Lipinski definition) is 10. The van der Waals surface area contributed by atoms with Crippen LogP contribution in [0.4, 0.5) is 11.4 Å². The molecule has 0 aliphatic heterocycles. The SMILES string of the molecule is CCn1c(O)c(N=NC(=[N-])/C=C(/C)O)c(=O)n(CC)c1=O.CCn1c(O)c(N=NC(=[N-])/C=C(/C)O)c(=O)n(CC)c1=O.[Fe+2]. The number of nitrogens with zero attached hydrogens (tertiary/aromatic N) is 10. The smallest absolute Gasteiger partial charge is 0.513 e. The van der Waals surface area contributed by atoms with Crippen molar-refractivity contribution in [2.75, 3.05) is 0 Å². The zero-order valence-electron chi connectivity index (χ0n) is 24.2. The molecule has 0 saturated carbocycles. The van der Waals surface area contributed by atoms with E-state index in [2.05, 4.69) is 20.5 Å². The molecule has 43 heavy (non-hydrogen) atoms. The molecule has 2 heterocycles. The van der Waals surface area contributed by atoms with Gasteiger partial charge in [-0.2, -0.15) is 0 Å². The van der Waals surface area contributed by atoms with Crippen LogP contribution >= 0.6 is 0 Å². The summed E-state index contributed by atoms with van der Waals surface area (Å²) in [4.78, 5) is 47.9. The van der Waals surface area contributed by atoms with E-state index >= 15 is 0 Å². The molecule has 0 aliphatic carbocycles. The maximum atomic E-state index is 12.0. The number of hydrogen-bond donors (Lipinski definition) is 4. The summed E-state index contributed by atoms with van der Waals surface area (Å²) < 4.78 is 3.70. The first-order valence-electron chi connectivity index (χ1n) is 12.5. The first kappa shape index (κ1) is 38.1. The summed E-state index contributed by atoms with van der Waals surface area (Å²) in [5, 5.41) is 69.9. The minimum atomic E-state index is -0.814. The molecule has 2 rings (SSSR count). The number of aromatic nitrogens is 4. The Bertz CT molecular complexity index is 1580. The molecule has 4 N–H and O–H groups in total. The second-order valence-electron chi connectivity index (χ2n) is 8.18. The monoisotopic (exact) mass is 644 g/mol. The van der Waals surface area contributed by atoms with Gasteiger partial charge >= 0.3 is 28.4 Å². The number of allylic oxidation sites excluding steroid dienone is 2. The van der Waals surface area contributed by atoms with Gasteiger partial charge in [0.1, 0.15) is 0 Å². The first-order valence-corrected chi connectivity index (χ1v) is 12.5. The average molecular weight is 644 g/mol. The molecule has 0 amide bonds. The van der Waals surface area contributed by atoms with E-state index in [1.165, 1.54) is 13.8 Å². The van der Waals surface area contributed by atoms with Crippen LogP contribution in [0.15, 0.2) is 63.3 Å². The van der Waals surface area contributed by atoms with Crippen molar-refractivity contribution in [1.29, 1.82) is 0 Å². The number of aliphatic hydroxyl groups is 2. The molecule has 2 aromatic heterocycles. The van der Waals surface area contributed by atoms with Crippen molar-refractivity contribution in [3.8, 4) is 11.8 Å². The Morgan fingerprint density at radius 1 is 0.651 bits per heavy atom. The van der Waals surface area contributed by atoms with Crippen LogP contribution in [0.25, 0.3) is 10.8 Å². The van der Waals surface area contributed by atoms with Crippen molar-refractivity contribution in [2.24, 2.45) is 20.5 Å². The molecule has 0 atom stereocenters. The third-order valence-corrected chi connectivity index (χ3v) is 5.20. The Labute approximate surface area is 254 Å². The minimum Gasteiger partial charge on any atom is -0.513 e. The average Bonchev–Trinajstić information content (AvgIpc) is 2.89. The summed E-state index contributed by atoms with van der Waals surface area (Å²) in [6.45, 7) is 9.54. The van der Waals surface area contributed by atoms with Crippen LogP contribution < -0.4 is 22.5 Å². The summed E-state index contributed by atoms with van der Waals surface area (Å²) in [6.07, 6.45) is 1.82. The van der Waals surface area contributed by atoms with Gasteiger partial charge in [0.2, 0.25) is 11.8 Å². The predicted molar refractivity (Wildman–Crippen MR) is 154 cm³/mol. The van der Waals surface area contributed by atoms with Gasteiger partial charge < -0.3 is 41.5 Å². The minimum absolute atomic E-state index is 0. The quantitative estimate of drug-likeness (QED) is 0.109. The summed E-state index contributed by atoms with van der Waals surface area (Å²) in [5.74, 6) is -2.96. The summed E-state index contributed by atoms with van der Waals surface area (Å²) >= 11 is 0. The molecule has 0 bridgehead atoms. The topological polar surface area (TPSA) is 263 Å². The normalized spacial score (nSPS) is 11.8. The van der Waals surface area contributed by atoms with Gasteiger partial charge in [0, 0.05) is 26.2 Å². The third kappa shape index (κ3) is 9.57. The second-order valence-corrected chi connectivity index (χ2v) is 8.18. The van der Waals surface area contributed by atoms with E-state index in [1.54, 1.807) is 27.7 Å². The van der Waals surface area contributed by atoms with E-state index in [9.17, 15) is 40.2 Å². The standard InChI is InChI=1S/2C12H16N5O4.Fe/c2*1-4-16-10(19)9(11(20)17(5-2)12(16)21)15-14-8(13)6-7(3)18;/h2*6,18-19H,4-5H2,1-3H3;/q2*-1;+2/b2*7-6-,15-14?;. The molecule has 18 nitrogen and oxygen atoms in total. The summed E-state index contributed by atoms with van der Waals surface area (Å²) in [5.41, 5.74) is -3.86. The molecule has 19 heteroatoms. The van der Waals surface area contributed by atoms with Gasteiger partial charge in [-0.15, -0.1) is 0 Å². The largest absolute Gasteiger partial charge is 2.00 e. The molecule has 0 radical (unpaired) electrons. The van der Waals surface area contributed by atoms with Crippen LogP contribution in [0.5, 0.6) is 11.8 Å². The van der Waals surface area contributed by atoms with Gasteiger partial charge in [0.15, 0.2) is 11.4 Å². The van der Waals surface area contributed by atoms with E-state index in [4.69, 9.17) is 10.2 Å². The van der Waals surface area contributed by atoms with Crippen molar-refractivity contribution in [2.45, 2.75) is 67.7 Å². The van der Waals surface area contributed by atoms with E-state index in [0.29, 0.717) is 0 Å². The Hall–Kier alpha value is -4.90. The Kier molecular flexibility index (Phi) is 15.2. The molecule has 0 fully saturated rings. The first-order chi connectivity index (χ1) is 19.7. The van der Waals surface area contributed by atoms with Gasteiger partial charge in [-0.1, -0.05) is 0 Å². The molecule has 0 aromatic carbocycles. The number of aliphatic hydroxyl groups excluding tert-OH is 2. The molecule has 234 valence electrons. The number of azo groups is 2. The fourth-order valence-electron chi connectivity index (χ4n) is 3.29. The Balaban J connectivity index is 0.000000802. The predicted octanol–water partition coefficient (Wildman–Crippen LogP) is 2.54. The Morgan fingerprint density at radius 2 is 0.930 bits per heavy atom. The molecule has 2 aromatic rings. The van der Waals surface area contributed by atoms with Crippen molar-refractivity contribution < 1.29 is 37.5 Å². The maximum absolute atomic E-state index is 12.0. The fourth-order valence-corrected chi connectivity index (χ4v) is 3.29. The van der Waals surface area contributed by atoms with Gasteiger partial charge in [-0.05, 0) is 65.4 Å². The van der Waals surface area contributed by atoms with Crippen LogP contribution in [-0.2, 0) is 43.2 Å². The summed E-state index contributed by atoms with van der Waals surface area (Å²) in [7, 11) is 0.